The number of hydrogen-bond donors (Lipinski definition) is 2. The second-order valence-electron chi connectivity index (χ2n) is 6.47. The molecule has 5 nitrogen and oxygen atoms in total. The molecule has 2 aliphatic rings. The molecule has 6 heteroatoms. The summed E-state index contributed by atoms with van der Waals surface area (Å²) in [5.74, 6) is 0.675. The number of rotatable bonds is 8. The van der Waals surface area contributed by atoms with Crippen LogP contribution in [-0.4, -0.2) is 57.8 Å². The molecule has 0 amide bonds. The van der Waals surface area contributed by atoms with Gasteiger partial charge in [-0.1, -0.05) is 0 Å². The minimum Gasteiger partial charge on any atom is -0.313 e. The summed E-state index contributed by atoms with van der Waals surface area (Å²) in [5.41, 5.74) is 0. The lowest BCUT2D eigenvalue weighted by Gasteiger charge is -2.29. The summed E-state index contributed by atoms with van der Waals surface area (Å²) in [5, 5.41) is 2.94. The van der Waals surface area contributed by atoms with Gasteiger partial charge in [0.2, 0.25) is 10.0 Å². The molecule has 20 heavy (non-hydrogen) atoms. The molecule has 0 radical (unpaired) electrons. The Morgan fingerprint density at radius 2 is 1.85 bits per heavy atom. The predicted octanol–water partition coefficient (Wildman–Crippen LogP) is 0.778. The fraction of sp³-hybridized carbons (Fsp3) is 1.00. The molecule has 0 aromatic heterocycles. The summed E-state index contributed by atoms with van der Waals surface area (Å²) in [4.78, 5) is 2.34. The van der Waals surface area contributed by atoms with Crippen molar-refractivity contribution in [3.8, 4) is 0 Å². The van der Waals surface area contributed by atoms with Crippen molar-refractivity contribution in [2.45, 2.75) is 50.3 Å². The molecule has 2 fully saturated rings. The van der Waals surface area contributed by atoms with Crippen molar-refractivity contribution in [3.05, 3.63) is 0 Å². The van der Waals surface area contributed by atoms with E-state index in [0.717, 1.165) is 19.5 Å². The first-order valence-electron chi connectivity index (χ1n) is 7.88. The first kappa shape index (κ1) is 16.2. The number of piperidine rings is 1. The summed E-state index contributed by atoms with van der Waals surface area (Å²) in [6, 6.07) is 0.562. The lowest BCUT2D eigenvalue weighted by atomic mass is 9.94. The maximum absolute atomic E-state index is 12.1. The lowest BCUT2D eigenvalue weighted by molar-refractivity contribution is 0.213. The highest BCUT2D eigenvalue weighted by Crippen LogP contribution is 2.20. The van der Waals surface area contributed by atoms with Gasteiger partial charge in [-0.05, 0) is 65.1 Å². The van der Waals surface area contributed by atoms with E-state index < -0.39 is 10.0 Å². The molecule has 0 aromatic carbocycles. The monoisotopic (exact) mass is 303 g/mol. The van der Waals surface area contributed by atoms with Gasteiger partial charge in [0.15, 0.2) is 0 Å². The Morgan fingerprint density at radius 1 is 1.20 bits per heavy atom. The van der Waals surface area contributed by atoms with Crippen LogP contribution in [0.5, 0.6) is 0 Å². The average Bonchev–Trinajstić information content (AvgIpc) is 3.22. The lowest BCUT2D eigenvalue weighted by Crippen LogP contribution is -2.40. The average molecular weight is 303 g/mol. The molecule has 1 aliphatic heterocycles. The van der Waals surface area contributed by atoms with Crippen LogP contribution in [0.25, 0.3) is 0 Å². The van der Waals surface area contributed by atoms with E-state index in [0.29, 0.717) is 25.0 Å². The minimum atomic E-state index is -3.16. The van der Waals surface area contributed by atoms with Crippen LogP contribution in [0, 0.1) is 5.92 Å². The van der Waals surface area contributed by atoms with Gasteiger partial charge in [0.05, 0.1) is 5.25 Å². The number of nitrogens with one attached hydrogen (secondary N) is 2. The van der Waals surface area contributed by atoms with E-state index >= 15 is 0 Å². The number of hydrogen-bond acceptors (Lipinski definition) is 4. The van der Waals surface area contributed by atoms with Crippen LogP contribution in [0.4, 0.5) is 0 Å². The first-order chi connectivity index (χ1) is 9.47. The van der Waals surface area contributed by atoms with Gasteiger partial charge in [-0.2, -0.15) is 0 Å². The largest absolute Gasteiger partial charge is 0.313 e. The second-order valence-corrected chi connectivity index (χ2v) is 8.65. The molecule has 1 aliphatic carbocycles. The van der Waals surface area contributed by atoms with Crippen LogP contribution in [0.15, 0.2) is 0 Å². The Hall–Kier alpha value is -0.170. The molecule has 1 atom stereocenters. The van der Waals surface area contributed by atoms with Gasteiger partial charge >= 0.3 is 0 Å². The molecule has 1 saturated carbocycles. The highest BCUT2D eigenvalue weighted by Gasteiger charge is 2.25. The van der Waals surface area contributed by atoms with Crippen molar-refractivity contribution in [1.29, 1.82) is 0 Å². The van der Waals surface area contributed by atoms with E-state index in [1.807, 2.05) is 0 Å². The Kier molecular flexibility index (Phi) is 5.84. The van der Waals surface area contributed by atoms with Crippen LogP contribution in [0.2, 0.25) is 0 Å². The van der Waals surface area contributed by atoms with Crippen LogP contribution in [0.3, 0.4) is 0 Å². The SMILES string of the molecule is CC(CNC1CC1)S(=O)(=O)NCCC1CCN(C)CC1. The van der Waals surface area contributed by atoms with Gasteiger partial charge in [0.1, 0.15) is 0 Å². The third-order valence-corrected chi connectivity index (χ3v) is 6.33. The summed E-state index contributed by atoms with van der Waals surface area (Å²) in [6.45, 7) is 5.21. The van der Waals surface area contributed by atoms with Crippen LogP contribution in [-0.2, 0) is 10.0 Å². The van der Waals surface area contributed by atoms with Crippen molar-refractivity contribution in [1.82, 2.24) is 14.9 Å². The third-order valence-electron chi connectivity index (χ3n) is 4.50. The van der Waals surface area contributed by atoms with Crippen molar-refractivity contribution in [2.75, 3.05) is 33.2 Å². The van der Waals surface area contributed by atoms with Crippen molar-refractivity contribution >= 4 is 10.0 Å². The van der Waals surface area contributed by atoms with E-state index in [2.05, 4.69) is 22.0 Å². The third kappa shape index (κ3) is 5.31. The zero-order valence-electron chi connectivity index (χ0n) is 12.8. The summed E-state index contributed by atoms with van der Waals surface area (Å²) >= 11 is 0. The highest BCUT2D eigenvalue weighted by atomic mass is 32.2. The first-order valence-corrected chi connectivity index (χ1v) is 9.42. The number of nitrogens with zero attached hydrogens (tertiary/aromatic N) is 1. The van der Waals surface area contributed by atoms with Crippen molar-refractivity contribution in [2.24, 2.45) is 5.92 Å². The van der Waals surface area contributed by atoms with E-state index in [1.165, 1.54) is 25.7 Å². The maximum Gasteiger partial charge on any atom is 0.215 e. The second kappa shape index (κ2) is 7.20. The molecular weight excluding hydrogens is 274 g/mol. The van der Waals surface area contributed by atoms with Gasteiger partial charge in [-0.15, -0.1) is 0 Å². The smallest absolute Gasteiger partial charge is 0.215 e. The molecule has 2 rings (SSSR count). The quantitative estimate of drug-likeness (QED) is 0.695. The summed E-state index contributed by atoms with van der Waals surface area (Å²) < 4.78 is 27.0. The van der Waals surface area contributed by atoms with Gasteiger partial charge in [-0.25, -0.2) is 13.1 Å². The predicted molar refractivity (Wildman–Crippen MR) is 82.2 cm³/mol. The van der Waals surface area contributed by atoms with Crippen molar-refractivity contribution in [3.63, 3.8) is 0 Å². The fourth-order valence-corrected chi connectivity index (χ4v) is 3.63. The molecular formula is C14H29N3O2S. The number of likely N-dealkylation sites (tertiary alicyclic amines) is 1. The van der Waals surface area contributed by atoms with E-state index in [4.69, 9.17) is 0 Å². The normalized spacial score (nSPS) is 23.9. The molecule has 0 spiro atoms. The topological polar surface area (TPSA) is 61.4 Å². The Labute approximate surface area is 123 Å². The standard InChI is InChI=1S/C14H29N3O2S/c1-12(11-15-14-3-4-14)20(18,19)16-8-5-13-6-9-17(2)10-7-13/h12-16H,3-11H2,1-2H3. The zero-order valence-corrected chi connectivity index (χ0v) is 13.6. The van der Waals surface area contributed by atoms with Crippen LogP contribution < -0.4 is 10.0 Å². The molecule has 1 unspecified atom stereocenters. The van der Waals surface area contributed by atoms with E-state index in [-0.39, 0.29) is 5.25 Å². The maximum atomic E-state index is 12.1. The van der Waals surface area contributed by atoms with Crippen LogP contribution >= 0.6 is 0 Å². The number of sulfonamides is 1. The molecule has 0 aromatic rings. The molecule has 1 heterocycles. The van der Waals surface area contributed by atoms with E-state index in [1.54, 1.807) is 6.92 Å². The highest BCUT2D eigenvalue weighted by molar-refractivity contribution is 7.90. The molecule has 118 valence electrons. The molecule has 1 saturated heterocycles. The molecule has 2 N–H and O–H groups in total. The Bertz CT molecular complexity index is 387. The Morgan fingerprint density at radius 3 is 2.45 bits per heavy atom. The molecule has 0 bridgehead atoms. The fourth-order valence-electron chi connectivity index (χ4n) is 2.63. The summed E-state index contributed by atoms with van der Waals surface area (Å²) in [7, 11) is -1.02. The van der Waals surface area contributed by atoms with E-state index in [9.17, 15) is 8.42 Å². The Balaban J connectivity index is 1.63. The van der Waals surface area contributed by atoms with Gasteiger partial charge < -0.3 is 10.2 Å². The van der Waals surface area contributed by atoms with Crippen LogP contribution in [0.1, 0.15) is 39.0 Å². The van der Waals surface area contributed by atoms with Gasteiger partial charge in [-0.3, -0.25) is 0 Å². The zero-order chi connectivity index (χ0) is 14.6. The van der Waals surface area contributed by atoms with Crippen molar-refractivity contribution < 1.29 is 8.42 Å². The summed E-state index contributed by atoms with van der Waals surface area (Å²) in [6.07, 6.45) is 5.73. The van der Waals surface area contributed by atoms with Gasteiger partial charge in [0.25, 0.3) is 0 Å². The van der Waals surface area contributed by atoms with Gasteiger partial charge in [0, 0.05) is 19.1 Å². The minimum absolute atomic E-state index is 0.347.